The molecule has 0 saturated heterocycles. The van der Waals surface area contributed by atoms with Crippen LogP contribution in [-0.4, -0.2) is 11.9 Å². The maximum absolute atomic E-state index is 13.0. The Bertz CT molecular complexity index is 1000. The molecule has 134 valence electrons. The van der Waals surface area contributed by atoms with Crippen molar-refractivity contribution in [3.8, 4) is 0 Å². The number of ether oxygens (including phenoxy) is 1. The molecule has 4 rings (SSSR count). The summed E-state index contributed by atoms with van der Waals surface area (Å²) in [6.45, 7) is 0.419. The number of para-hydroxylation sites is 1. The van der Waals surface area contributed by atoms with E-state index in [9.17, 15) is 9.59 Å². The third kappa shape index (κ3) is 3.44. The summed E-state index contributed by atoms with van der Waals surface area (Å²) < 4.78 is 5.57. The van der Waals surface area contributed by atoms with Crippen LogP contribution in [-0.2, 0) is 16.1 Å². The van der Waals surface area contributed by atoms with E-state index in [1.54, 1.807) is 23.1 Å². The minimum atomic E-state index is -0.962. The van der Waals surface area contributed by atoms with Gasteiger partial charge in [0.15, 0.2) is 0 Å². The van der Waals surface area contributed by atoms with Gasteiger partial charge in [-0.05, 0) is 29.8 Å². The van der Waals surface area contributed by atoms with Crippen molar-refractivity contribution in [3.05, 3.63) is 101 Å². The number of rotatable bonds is 4. The summed E-state index contributed by atoms with van der Waals surface area (Å²) in [5, 5.41) is 0.438. The maximum Gasteiger partial charge on any atom is 0.339 e. The van der Waals surface area contributed by atoms with Crippen molar-refractivity contribution in [1.29, 1.82) is 0 Å². The molecule has 27 heavy (non-hydrogen) atoms. The van der Waals surface area contributed by atoms with Crippen LogP contribution in [0.1, 0.15) is 27.6 Å². The van der Waals surface area contributed by atoms with E-state index >= 15 is 0 Å². The molecular weight excluding hydrogens is 362 g/mol. The Morgan fingerprint density at radius 1 is 0.963 bits per heavy atom. The van der Waals surface area contributed by atoms with Crippen molar-refractivity contribution in [3.63, 3.8) is 0 Å². The second kappa shape index (κ2) is 7.25. The van der Waals surface area contributed by atoms with Gasteiger partial charge in [0, 0.05) is 10.6 Å². The molecule has 0 aromatic heterocycles. The van der Waals surface area contributed by atoms with Crippen LogP contribution < -0.4 is 4.90 Å². The van der Waals surface area contributed by atoms with Crippen LogP contribution in [0, 0.1) is 0 Å². The maximum atomic E-state index is 13.0. The van der Waals surface area contributed by atoms with Crippen molar-refractivity contribution in [2.45, 2.75) is 12.6 Å². The largest absolute Gasteiger partial charge is 0.444 e. The third-order valence-corrected chi connectivity index (χ3v) is 4.70. The number of carbonyl (C=O) groups is 2. The number of amides is 1. The first-order valence-electron chi connectivity index (χ1n) is 8.54. The van der Waals surface area contributed by atoms with Crippen molar-refractivity contribution < 1.29 is 14.3 Å². The Morgan fingerprint density at radius 3 is 2.48 bits per heavy atom. The lowest BCUT2D eigenvalue weighted by molar-refractivity contribution is -0.126. The lowest BCUT2D eigenvalue weighted by Crippen LogP contribution is -2.30. The molecule has 0 fully saturated rings. The molecule has 1 aliphatic heterocycles. The van der Waals surface area contributed by atoms with E-state index in [4.69, 9.17) is 16.3 Å². The Morgan fingerprint density at radius 2 is 1.70 bits per heavy atom. The van der Waals surface area contributed by atoms with Crippen LogP contribution in [0.4, 0.5) is 5.69 Å². The SMILES string of the molecule is O=C(OC1C(=O)N(Cc2ccccc2)c2ccccc21)c1cccc(Cl)c1. The van der Waals surface area contributed by atoms with Crippen molar-refractivity contribution in [2.24, 2.45) is 0 Å². The first-order chi connectivity index (χ1) is 13.1. The fourth-order valence-electron chi connectivity index (χ4n) is 3.18. The lowest BCUT2D eigenvalue weighted by Gasteiger charge is -2.18. The number of hydrogen-bond donors (Lipinski definition) is 0. The van der Waals surface area contributed by atoms with Gasteiger partial charge in [0.2, 0.25) is 6.10 Å². The number of esters is 1. The van der Waals surface area contributed by atoms with Crippen molar-refractivity contribution >= 4 is 29.2 Å². The molecule has 0 aliphatic carbocycles. The minimum absolute atomic E-state index is 0.254. The number of nitrogens with zero attached hydrogens (tertiary/aromatic N) is 1. The fraction of sp³-hybridized carbons (Fsp3) is 0.0909. The van der Waals surface area contributed by atoms with Gasteiger partial charge in [-0.25, -0.2) is 4.79 Å². The van der Waals surface area contributed by atoms with E-state index in [2.05, 4.69) is 0 Å². The molecule has 0 radical (unpaired) electrons. The van der Waals surface area contributed by atoms with E-state index in [1.807, 2.05) is 54.6 Å². The van der Waals surface area contributed by atoms with Crippen molar-refractivity contribution in [2.75, 3.05) is 4.90 Å². The van der Waals surface area contributed by atoms with Gasteiger partial charge in [-0.2, -0.15) is 0 Å². The Labute approximate surface area is 161 Å². The topological polar surface area (TPSA) is 46.6 Å². The first-order valence-corrected chi connectivity index (χ1v) is 8.92. The Balaban J connectivity index is 1.62. The molecular formula is C22H16ClNO3. The summed E-state index contributed by atoms with van der Waals surface area (Å²) in [7, 11) is 0. The average molecular weight is 378 g/mol. The highest BCUT2D eigenvalue weighted by Gasteiger charge is 2.39. The van der Waals surface area contributed by atoms with Gasteiger partial charge in [0.25, 0.3) is 5.91 Å². The molecule has 1 aliphatic rings. The average Bonchev–Trinajstić information content (AvgIpc) is 2.95. The quantitative estimate of drug-likeness (QED) is 0.614. The highest BCUT2D eigenvalue weighted by Crippen LogP contribution is 2.39. The number of hydrogen-bond acceptors (Lipinski definition) is 3. The number of carbonyl (C=O) groups excluding carboxylic acids is 2. The smallest absolute Gasteiger partial charge is 0.339 e. The van der Waals surface area contributed by atoms with Crippen LogP contribution in [0.15, 0.2) is 78.9 Å². The predicted molar refractivity (Wildman–Crippen MR) is 104 cm³/mol. The lowest BCUT2D eigenvalue weighted by atomic mass is 10.1. The summed E-state index contributed by atoms with van der Waals surface area (Å²) in [5.74, 6) is -0.831. The molecule has 0 bridgehead atoms. The van der Waals surface area contributed by atoms with E-state index < -0.39 is 12.1 Å². The number of benzene rings is 3. The van der Waals surface area contributed by atoms with Crippen LogP contribution in [0.2, 0.25) is 5.02 Å². The predicted octanol–water partition coefficient (Wildman–Crippen LogP) is 4.78. The van der Waals surface area contributed by atoms with E-state index in [0.717, 1.165) is 11.3 Å². The fourth-order valence-corrected chi connectivity index (χ4v) is 3.37. The van der Waals surface area contributed by atoms with Crippen molar-refractivity contribution in [1.82, 2.24) is 0 Å². The van der Waals surface area contributed by atoms with Gasteiger partial charge < -0.3 is 9.64 Å². The van der Waals surface area contributed by atoms with E-state index in [-0.39, 0.29) is 5.91 Å². The van der Waals surface area contributed by atoms with Gasteiger partial charge in [0.05, 0.1) is 17.8 Å². The molecule has 1 amide bonds. The summed E-state index contributed by atoms with van der Waals surface area (Å²) in [4.78, 5) is 27.2. The molecule has 1 atom stereocenters. The van der Waals surface area contributed by atoms with Crippen LogP contribution in [0.5, 0.6) is 0 Å². The molecule has 1 unspecified atom stereocenters. The monoisotopic (exact) mass is 377 g/mol. The zero-order valence-electron chi connectivity index (χ0n) is 14.3. The second-order valence-corrected chi connectivity index (χ2v) is 6.70. The summed E-state index contributed by atoms with van der Waals surface area (Å²) in [5.41, 5.74) is 2.76. The van der Waals surface area contributed by atoms with Gasteiger partial charge in [-0.15, -0.1) is 0 Å². The van der Waals surface area contributed by atoms with Crippen LogP contribution in [0.25, 0.3) is 0 Å². The molecule has 3 aromatic carbocycles. The van der Waals surface area contributed by atoms with Gasteiger partial charge in [0.1, 0.15) is 0 Å². The Kier molecular flexibility index (Phi) is 4.65. The highest BCUT2D eigenvalue weighted by atomic mass is 35.5. The standard InChI is InChI=1S/C22H16ClNO3/c23-17-10-6-9-16(13-17)22(26)27-20-18-11-4-5-12-19(18)24(21(20)25)14-15-7-2-1-3-8-15/h1-13,20H,14H2. The number of halogens is 1. The Hall–Kier alpha value is -3.11. The van der Waals surface area contributed by atoms with Gasteiger partial charge >= 0.3 is 5.97 Å². The summed E-state index contributed by atoms with van der Waals surface area (Å²) >= 11 is 5.95. The zero-order chi connectivity index (χ0) is 18.8. The summed E-state index contributed by atoms with van der Waals surface area (Å²) in [6, 6.07) is 23.6. The molecule has 1 heterocycles. The molecule has 4 nitrogen and oxygen atoms in total. The molecule has 0 spiro atoms. The second-order valence-electron chi connectivity index (χ2n) is 6.26. The first kappa shape index (κ1) is 17.3. The summed E-state index contributed by atoms with van der Waals surface area (Å²) in [6.07, 6.45) is -0.962. The normalized spacial score (nSPS) is 15.5. The molecule has 3 aromatic rings. The van der Waals surface area contributed by atoms with Crippen LogP contribution >= 0.6 is 11.6 Å². The molecule has 0 N–H and O–H groups in total. The zero-order valence-corrected chi connectivity index (χ0v) is 15.1. The van der Waals surface area contributed by atoms with Gasteiger partial charge in [-0.1, -0.05) is 66.2 Å². The molecule has 0 saturated carbocycles. The third-order valence-electron chi connectivity index (χ3n) is 4.47. The minimum Gasteiger partial charge on any atom is -0.444 e. The van der Waals surface area contributed by atoms with E-state index in [0.29, 0.717) is 22.7 Å². The number of anilines is 1. The molecule has 5 heteroatoms. The van der Waals surface area contributed by atoms with Gasteiger partial charge in [-0.3, -0.25) is 4.79 Å². The highest BCUT2D eigenvalue weighted by molar-refractivity contribution is 6.30. The van der Waals surface area contributed by atoms with E-state index in [1.165, 1.54) is 6.07 Å². The number of fused-ring (bicyclic) bond motifs is 1. The van der Waals surface area contributed by atoms with Crippen LogP contribution in [0.3, 0.4) is 0 Å².